The molecule has 2 aliphatic rings. The highest BCUT2D eigenvalue weighted by Crippen LogP contribution is 2.19. The Kier molecular flexibility index (Phi) is 3.39. The van der Waals surface area contributed by atoms with Gasteiger partial charge in [0.15, 0.2) is 0 Å². The Labute approximate surface area is 80.4 Å². The van der Waals surface area contributed by atoms with E-state index in [1.54, 1.807) is 5.57 Å². The molecule has 0 aliphatic carbocycles. The molecule has 2 heteroatoms. The van der Waals surface area contributed by atoms with Gasteiger partial charge >= 0.3 is 0 Å². The molecule has 0 bridgehead atoms. The van der Waals surface area contributed by atoms with E-state index in [9.17, 15) is 0 Å². The van der Waals surface area contributed by atoms with E-state index < -0.39 is 0 Å². The van der Waals surface area contributed by atoms with Crippen molar-refractivity contribution in [2.75, 3.05) is 19.7 Å². The Morgan fingerprint density at radius 1 is 1.23 bits per heavy atom. The minimum Gasteiger partial charge on any atom is -0.374 e. The van der Waals surface area contributed by atoms with Crippen molar-refractivity contribution in [3.8, 4) is 0 Å². The Morgan fingerprint density at radius 2 is 2.23 bits per heavy atom. The Hall–Kier alpha value is -0.340. The zero-order valence-electron chi connectivity index (χ0n) is 8.22. The van der Waals surface area contributed by atoms with Crippen molar-refractivity contribution in [2.24, 2.45) is 0 Å². The molecule has 0 amide bonds. The van der Waals surface area contributed by atoms with E-state index in [1.165, 1.54) is 38.6 Å². The van der Waals surface area contributed by atoms with Crippen molar-refractivity contribution in [1.82, 2.24) is 5.32 Å². The predicted octanol–water partition coefficient (Wildman–Crippen LogP) is 1.87. The highest BCUT2D eigenvalue weighted by atomic mass is 16.5. The summed E-state index contributed by atoms with van der Waals surface area (Å²) in [6.07, 6.45) is 9.07. The molecule has 2 fully saturated rings. The second kappa shape index (κ2) is 4.77. The van der Waals surface area contributed by atoms with Gasteiger partial charge in [0.2, 0.25) is 0 Å². The average Bonchev–Trinajstić information content (AvgIpc) is 2.49. The number of hydrogen-bond acceptors (Lipinski definition) is 2. The summed E-state index contributed by atoms with van der Waals surface area (Å²) in [5.74, 6) is 0. The van der Waals surface area contributed by atoms with Crippen LogP contribution in [0.1, 0.15) is 32.1 Å². The molecule has 0 aromatic rings. The summed E-state index contributed by atoms with van der Waals surface area (Å²) >= 11 is 0. The maximum absolute atomic E-state index is 5.60. The lowest BCUT2D eigenvalue weighted by molar-refractivity contribution is 0.145. The average molecular weight is 181 g/mol. The predicted molar refractivity (Wildman–Crippen MR) is 53.8 cm³/mol. The smallest absolute Gasteiger partial charge is 0.0759 e. The first-order valence-corrected chi connectivity index (χ1v) is 5.47. The number of nitrogens with one attached hydrogen (secondary N) is 1. The van der Waals surface area contributed by atoms with Crippen LogP contribution in [0, 0.1) is 0 Å². The summed E-state index contributed by atoms with van der Waals surface area (Å²) in [6.45, 7) is 3.30. The van der Waals surface area contributed by atoms with Crippen molar-refractivity contribution >= 4 is 0 Å². The van der Waals surface area contributed by atoms with E-state index in [0.29, 0.717) is 6.10 Å². The molecule has 74 valence electrons. The standard InChI is InChI=1S/C11H19NO/c1-3-10(5-7-12-6-1)9-11-4-2-8-13-11/h9,11-12H,1-8H2. The maximum atomic E-state index is 5.60. The first-order valence-electron chi connectivity index (χ1n) is 5.47. The van der Waals surface area contributed by atoms with Gasteiger partial charge in [0.25, 0.3) is 0 Å². The summed E-state index contributed by atoms with van der Waals surface area (Å²) in [7, 11) is 0. The molecule has 2 rings (SSSR count). The fraction of sp³-hybridized carbons (Fsp3) is 0.818. The summed E-state index contributed by atoms with van der Waals surface area (Å²) < 4.78 is 5.60. The molecule has 1 N–H and O–H groups in total. The van der Waals surface area contributed by atoms with Crippen LogP contribution in [0.2, 0.25) is 0 Å². The molecule has 0 spiro atoms. The lowest BCUT2D eigenvalue weighted by Crippen LogP contribution is -2.13. The van der Waals surface area contributed by atoms with Crippen molar-refractivity contribution in [2.45, 2.75) is 38.2 Å². The number of ether oxygens (including phenoxy) is 1. The molecule has 1 atom stereocenters. The fourth-order valence-electron chi connectivity index (χ4n) is 2.10. The quantitative estimate of drug-likeness (QED) is 0.623. The highest BCUT2D eigenvalue weighted by molar-refractivity contribution is 5.07. The fourth-order valence-corrected chi connectivity index (χ4v) is 2.10. The topological polar surface area (TPSA) is 21.3 Å². The van der Waals surface area contributed by atoms with Crippen LogP contribution >= 0.6 is 0 Å². The van der Waals surface area contributed by atoms with E-state index in [-0.39, 0.29) is 0 Å². The van der Waals surface area contributed by atoms with Crippen molar-refractivity contribution < 1.29 is 4.74 Å². The summed E-state index contributed by atoms with van der Waals surface area (Å²) in [4.78, 5) is 0. The molecule has 0 saturated carbocycles. The molecule has 0 aromatic carbocycles. The summed E-state index contributed by atoms with van der Waals surface area (Å²) in [5.41, 5.74) is 1.61. The van der Waals surface area contributed by atoms with Crippen LogP contribution < -0.4 is 5.32 Å². The van der Waals surface area contributed by atoms with Gasteiger partial charge in [-0.05, 0) is 45.2 Å². The Balaban J connectivity index is 1.88. The molecule has 2 aliphatic heterocycles. The van der Waals surface area contributed by atoms with Gasteiger partial charge in [-0.15, -0.1) is 0 Å². The van der Waals surface area contributed by atoms with Crippen molar-refractivity contribution in [3.63, 3.8) is 0 Å². The first kappa shape index (κ1) is 9.22. The minimum absolute atomic E-state index is 0.438. The Morgan fingerprint density at radius 3 is 3.08 bits per heavy atom. The van der Waals surface area contributed by atoms with E-state index in [0.717, 1.165) is 13.2 Å². The molecule has 0 radical (unpaired) electrons. The molecule has 0 aromatic heterocycles. The van der Waals surface area contributed by atoms with E-state index in [4.69, 9.17) is 4.74 Å². The third-order valence-electron chi connectivity index (χ3n) is 2.86. The lowest BCUT2D eigenvalue weighted by Gasteiger charge is -2.07. The number of hydrogen-bond donors (Lipinski definition) is 1. The maximum Gasteiger partial charge on any atom is 0.0759 e. The van der Waals surface area contributed by atoms with Crippen LogP contribution in [0.4, 0.5) is 0 Å². The molecule has 13 heavy (non-hydrogen) atoms. The first-order chi connectivity index (χ1) is 6.45. The van der Waals surface area contributed by atoms with Crippen LogP contribution in [-0.2, 0) is 4.74 Å². The van der Waals surface area contributed by atoms with E-state index in [2.05, 4.69) is 11.4 Å². The van der Waals surface area contributed by atoms with Crippen LogP contribution in [-0.4, -0.2) is 25.8 Å². The van der Waals surface area contributed by atoms with Gasteiger partial charge in [-0.1, -0.05) is 11.6 Å². The van der Waals surface area contributed by atoms with Crippen molar-refractivity contribution in [1.29, 1.82) is 0 Å². The monoisotopic (exact) mass is 181 g/mol. The van der Waals surface area contributed by atoms with Gasteiger partial charge in [-0.2, -0.15) is 0 Å². The lowest BCUT2D eigenvalue weighted by atomic mass is 10.1. The zero-order valence-corrected chi connectivity index (χ0v) is 8.22. The van der Waals surface area contributed by atoms with Gasteiger partial charge in [0.1, 0.15) is 0 Å². The highest BCUT2D eigenvalue weighted by Gasteiger charge is 2.14. The third kappa shape index (κ3) is 2.82. The molecule has 2 nitrogen and oxygen atoms in total. The zero-order chi connectivity index (χ0) is 8.93. The van der Waals surface area contributed by atoms with Gasteiger partial charge < -0.3 is 10.1 Å². The van der Waals surface area contributed by atoms with E-state index >= 15 is 0 Å². The second-order valence-corrected chi connectivity index (χ2v) is 3.98. The molecular weight excluding hydrogens is 162 g/mol. The molecular formula is C11H19NO. The third-order valence-corrected chi connectivity index (χ3v) is 2.86. The molecule has 2 saturated heterocycles. The molecule has 1 unspecified atom stereocenters. The summed E-state index contributed by atoms with van der Waals surface area (Å²) in [5, 5.41) is 3.42. The van der Waals surface area contributed by atoms with Gasteiger partial charge in [0, 0.05) is 6.61 Å². The largest absolute Gasteiger partial charge is 0.374 e. The van der Waals surface area contributed by atoms with Crippen LogP contribution in [0.3, 0.4) is 0 Å². The van der Waals surface area contributed by atoms with Gasteiger partial charge in [-0.25, -0.2) is 0 Å². The Bertz CT molecular complexity index is 173. The van der Waals surface area contributed by atoms with Gasteiger partial charge in [-0.3, -0.25) is 0 Å². The second-order valence-electron chi connectivity index (χ2n) is 3.98. The van der Waals surface area contributed by atoms with Crippen molar-refractivity contribution in [3.05, 3.63) is 11.6 Å². The van der Waals surface area contributed by atoms with Crippen LogP contribution in [0.5, 0.6) is 0 Å². The summed E-state index contributed by atoms with van der Waals surface area (Å²) in [6, 6.07) is 0. The van der Waals surface area contributed by atoms with Crippen LogP contribution in [0.15, 0.2) is 11.6 Å². The SMILES string of the molecule is C(=C1CCCNCC1)C1CCCO1. The molecule has 2 heterocycles. The van der Waals surface area contributed by atoms with Crippen LogP contribution in [0.25, 0.3) is 0 Å². The number of rotatable bonds is 1. The normalized spacial score (nSPS) is 33.5. The minimum atomic E-state index is 0.438. The van der Waals surface area contributed by atoms with E-state index in [1.807, 2.05) is 0 Å². The van der Waals surface area contributed by atoms with Gasteiger partial charge in [0.05, 0.1) is 6.10 Å².